The van der Waals surface area contributed by atoms with Crippen molar-refractivity contribution in [3.8, 4) is 5.75 Å². The zero-order valence-corrected chi connectivity index (χ0v) is 15.0. The van der Waals surface area contributed by atoms with Crippen molar-refractivity contribution in [1.82, 2.24) is 10.6 Å². The average Bonchev–Trinajstić information content (AvgIpc) is 3.10. The minimum Gasteiger partial charge on any atom is -0.496 e. The van der Waals surface area contributed by atoms with Crippen molar-refractivity contribution in [2.75, 3.05) is 33.4 Å². The summed E-state index contributed by atoms with van der Waals surface area (Å²) in [5, 5.41) is 6.36. The summed E-state index contributed by atoms with van der Waals surface area (Å²) in [6.07, 6.45) is 4.56. The first-order chi connectivity index (χ1) is 11.2. The van der Waals surface area contributed by atoms with E-state index >= 15 is 0 Å². The molecule has 1 aliphatic carbocycles. The standard InChI is InChI=1S/C18H26N2O3.ClH/c1-22-16-7-3-2-6-14(16)18(8-4-5-9-18)13-20-17(21)15-12-23-11-10-19-15;/h2-3,6-7,15,19H,4-5,8-13H2,1H3,(H,20,21);1H. The Balaban J connectivity index is 0.00000208. The highest BCUT2D eigenvalue weighted by molar-refractivity contribution is 5.85. The molecule has 1 aliphatic heterocycles. The van der Waals surface area contributed by atoms with Crippen LogP contribution in [0.4, 0.5) is 0 Å². The summed E-state index contributed by atoms with van der Waals surface area (Å²) in [6.45, 7) is 2.52. The second kappa shape index (κ2) is 8.70. The van der Waals surface area contributed by atoms with Gasteiger partial charge in [0.25, 0.3) is 0 Å². The largest absolute Gasteiger partial charge is 0.496 e. The molecule has 134 valence electrons. The maximum Gasteiger partial charge on any atom is 0.239 e. The molecule has 2 aliphatic rings. The Kier molecular flexibility index (Phi) is 6.90. The summed E-state index contributed by atoms with van der Waals surface area (Å²) in [5.74, 6) is 0.952. The Morgan fingerprint density at radius 1 is 1.38 bits per heavy atom. The SMILES string of the molecule is COc1ccccc1C1(CNC(=O)C2COCCN2)CCCC1.Cl. The fraction of sp³-hybridized carbons (Fsp3) is 0.611. The minimum atomic E-state index is -0.236. The third kappa shape index (κ3) is 4.02. The zero-order chi connectivity index (χ0) is 16.1. The molecule has 1 aromatic carbocycles. The molecule has 2 N–H and O–H groups in total. The van der Waals surface area contributed by atoms with E-state index in [1.165, 1.54) is 18.4 Å². The molecule has 0 bridgehead atoms. The zero-order valence-electron chi connectivity index (χ0n) is 14.2. The molecular formula is C18H27ClN2O3. The van der Waals surface area contributed by atoms with E-state index in [1.54, 1.807) is 7.11 Å². The summed E-state index contributed by atoms with van der Waals surface area (Å²) < 4.78 is 10.9. The number of carbonyl (C=O) groups excluding carboxylic acids is 1. The average molecular weight is 355 g/mol. The predicted octanol–water partition coefficient (Wildman–Crippen LogP) is 2.03. The molecule has 1 saturated carbocycles. The Hall–Kier alpha value is -1.30. The highest BCUT2D eigenvalue weighted by Gasteiger charge is 2.38. The minimum absolute atomic E-state index is 0. The Morgan fingerprint density at radius 3 is 2.79 bits per heavy atom. The van der Waals surface area contributed by atoms with Gasteiger partial charge in [-0.15, -0.1) is 12.4 Å². The van der Waals surface area contributed by atoms with Crippen LogP contribution in [0.2, 0.25) is 0 Å². The lowest BCUT2D eigenvalue weighted by Crippen LogP contribution is -2.53. The molecule has 1 saturated heterocycles. The van der Waals surface area contributed by atoms with E-state index in [1.807, 2.05) is 12.1 Å². The number of morpholine rings is 1. The van der Waals surface area contributed by atoms with Gasteiger partial charge in [-0.25, -0.2) is 0 Å². The molecule has 0 aromatic heterocycles. The van der Waals surface area contributed by atoms with Crippen LogP contribution < -0.4 is 15.4 Å². The van der Waals surface area contributed by atoms with Crippen LogP contribution in [0.1, 0.15) is 31.2 Å². The van der Waals surface area contributed by atoms with Crippen LogP contribution in [-0.2, 0) is 14.9 Å². The molecule has 1 unspecified atom stereocenters. The van der Waals surface area contributed by atoms with Gasteiger partial charge in [-0.3, -0.25) is 4.79 Å². The van der Waals surface area contributed by atoms with E-state index in [4.69, 9.17) is 9.47 Å². The lowest BCUT2D eigenvalue weighted by molar-refractivity contribution is -0.126. The second-order valence-electron chi connectivity index (χ2n) is 6.49. The quantitative estimate of drug-likeness (QED) is 0.849. The van der Waals surface area contributed by atoms with Gasteiger partial charge in [0.2, 0.25) is 5.91 Å². The first-order valence-electron chi connectivity index (χ1n) is 8.47. The number of halogens is 1. The number of hydrogen-bond acceptors (Lipinski definition) is 4. The van der Waals surface area contributed by atoms with Gasteiger partial charge in [0.1, 0.15) is 11.8 Å². The molecule has 0 radical (unpaired) electrons. The normalized spacial score (nSPS) is 22.5. The van der Waals surface area contributed by atoms with E-state index in [0.717, 1.165) is 25.1 Å². The smallest absolute Gasteiger partial charge is 0.239 e. The van der Waals surface area contributed by atoms with Crippen LogP contribution >= 0.6 is 12.4 Å². The molecule has 2 fully saturated rings. The van der Waals surface area contributed by atoms with E-state index in [9.17, 15) is 4.79 Å². The van der Waals surface area contributed by atoms with Crippen LogP contribution in [-0.4, -0.2) is 45.4 Å². The number of nitrogens with one attached hydrogen (secondary N) is 2. The summed E-state index contributed by atoms with van der Waals surface area (Å²) in [7, 11) is 1.71. The lowest BCUT2D eigenvalue weighted by atomic mass is 9.78. The highest BCUT2D eigenvalue weighted by Crippen LogP contribution is 2.44. The summed E-state index contributed by atoms with van der Waals surface area (Å²) in [5.41, 5.74) is 1.20. The van der Waals surface area contributed by atoms with Crippen molar-refractivity contribution in [2.24, 2.45) is 0 Å². The van der Waals surface area contributed by atoms with Gasteiger partial charge >= 0.3 is 0 Å². The van der Waals surface area contributed by atoms with Crippen molar-refractivity contribution in [1.29, 1.82) is 0 Å². The van der Waals surface area contributed by atoms with Gasteiger partial charge in [0.15, 0.2) is 0 Å². The molecule has 5 nitrogen and oxygen atoms in total. The summed E-state index contributed by atoms with van der Waals surface area (Å²) >= 11 is 0. The number of ether oxygens (including phenoxy) is 2. The molecule has 1 heterocycles. The van der Waals surface area contributed by atoms with Crippen LogP contribution in [0, 0.1) is 0 Å². The van der Waals surface area contributed by atoms with Gasteiger partial charge in [-0.1, -0.05) is 31.0 Å². The van der Waals surface area contributed by atoms with E-state index < -0.39 is 0 Å². The Labute approximate surface area is 149 Å². The molecule has 1 amide bonds. The van der Waals surface area contributed by atoms with E-state index in [2.05, 4.69) is 22.8 Å². The van der Waals surface area contributed by atoms with Crippen LogP contribution in [0.5, 0.6) is 5.75 Å². The van der Waals surface area contributed by atoms with Crippen molar-refractivity contribution >= 4 is 18.3 Å². The van der Waals surface area contributed by atoms with Crippen molar-refractivity contribution in [3.05, 3.63) is 29.8 Å². The van der Waals surface area contributed by atoms with Gasteiger partial charge in [-0.05, 0) is 18.9 Å². The topological polar surface area (TPSA) is 59.6 Å². The number of benzene rings is 1. The van der Waals surface area contributed by atoms with Gasteiger partial charge < -0.3 is 20.1 Å². The predicted molar refractivity (Wildman–Crippen MR) is 96.0 cm³/mol. The molecule has 3 rings (SSSR count). The fourth-order valence-corrected chi connectivity index (χ4v) is 3.79. The number of hydrogen-bond donors (Lipinski definition) is 2. The Bertz CT molecular complexity index is 541. The third-order valence-electron chi connectivity index (χ3n) is 5.08. The number of carbonyl (C=O) groups is 1. The van der Waals surface area contributed by atoms with E-state index in [-0.39, 0.29) is 29.8 Å². The Morgan fingerprint density at radius 2 is 2.12 bits per heavy atom. The van der Waals surface area contributed by atoms with Gasteiger partial charge in [0, 0.05) is 24.1 Å². The number of para-hydroxylation sites is 1. The highest BCUT2D eigenvalue weighted by atomic mass is 35.5. The fourth-order valence-electron chi connectivity index (χ4n) is 3.79. The van der Waals surface area contributed by atoms with Gasteiger partial charge in [-0.2, -0.15) is 0 Å². The van der Waals surface area contributed by atoms with Crippen molar-refractivity contribution in [2.45, 2.75) is 37.1 Å². The molecule has 0 spiro atoms. The van der Waals surface area contributed by atoms with Crippen LogP contribution in [0.3, 0.4) is 0 Å². The number of rotatable bonds is 5. The molecule has 24 heavy (non-hydrogen) atoms. The van der Waals surface area contributed by atoms with E-state index in [0.29, 0.717) is 19.8 Å². The maximum atomic E-state index is 12.4. The van der Waals surface area contributed by atoms with Crippen molar-refractivity contribution in [3.63, 3.8) is 0 Å². The first kappa shape index (κ1) is 19.0. The lowest BCUT2D eigenvalue weighted by Gasteiger charge is -2.32. The van der Waals surface area contributed by atoms with Crippen molar-refractivity contribution < 1.29 is 14.3 Å². The molecule has 1 atom stereocenters. The molecular weight excluding hydrogens is 328 g/mol. The third-order valence-corrected chi connectivity index (χ3v) is 5.08. The second-order valence-corrected chi connectivity index (χ2v) is 6.49. The number of methoxy groups -OCH3 is 1. The maximum absolute atomic E-state index is 12.4. The number of amides is 1. The molecule has 6 heteroatoms. The summed E-state index contributed by atoms with van der Waals surface area (Å²) in [4.78, 5) is 12.4. The molecule has 1 aromatic rings. The summed E-state index contributed by atoms with van der Waals surface area (Å²) in [6, 6.07) is 7.95. The monoisotopic (exact) mass is 354 g/mol. The van der Waals surface area contributed by atoms with Gasteiger partial charge in [0.05, 0.1) is 20.3 Å². The first-order valence-corrected chi connectivity index (χ1v) is 8.47. The van der Waals surface area contributed by atoms with Crippen LogP contribution in [0.25, 0.3) is 0 Å². The van der Waals surface area contributed by atoms with Crippen LogP contribution in [0.15, 0.2) is 24.3 Å².